The van der Waals surface area contributed by atoms with Gasteiger partial charge >= 0.3 is 7.82 Å². The van der Waals surface area contributed by atoms with Crippen LogP contribution in [0.5, 0.6) is 5.75 Å². The fraction of sp³-hybridized carbons (Fsp3) is 0.333. The van der Waals surface area contributed by atoms with Crippen LogP contribution in [0.1, 0.15) is 53.1 Å². The number of carbonyl (C=O) groups is 2. The highest BCUT2D eigenvalue weighted by atomic mass is 35.5. The van der Waals surface area contributed by atoms with Gasteiger partial charge in [-0.1, -0.05) is 11.6 Å². The number of phosphoric acid groups is 1. The number of hydrogen-bond donors (Lipinski definition) is 3. The molecule has 0 fully saturated rings. The quantitative estimate of drug-likeness (QED) is 0.460. The molecule has 3 rings (SSSR count). The van der Waals surface area contributed by atoms with Crippen LogP contribution in [0.15, 0.2) is 29.6 Å². The maximum absolute atomic E-state index is 12.8. The van der Waals surface area contributed by atoms with Crippen molar-refractivity contribution in [1.82, 2.24) is 5.32 Å². The first-order valence-electron chi connectivity index (χ1n) is 8.51. The Labute approximate surface area is 176 Å². The summed E-state index contributed by atoms with van der Waals surface area (Å²) in [6.07, 6.45) is -1.25. The predicted octanol–water partition coefficient (Wildman–Crippen LogP) is 3.72. The summed E-state index contributed by atoms with van der Waals surface area (Å²) in [7, 11) is -4.93. The topological polar surface area (TPSA) is 122 Å². The first-order chi connectivity index (χ1) is 13.4. The Balaban J connectivity index is 2.10. The Morgan fingerprint density at radius 2 is 2.00 bits per heavy atom. The number of ketones is 1. The average Bonchev–Trinajstić information content (AvgIpc) is 3.02. The Morgan fingerprint density at radius 3 is 2.55 bits per heavy atom. The summed E-state index contributed by atoms with van der Waals surface area (Å²) in [6, 6.07) is 5.21. The van der Waals surface area contributed by atoms with Crippen molar-refractivity contribution in [2.24, 2.45) is 0 Å². The van der Waals surface area contributed by atoms with Crippen LogP contribution >= 0.6 is 30.8 Å². The van der Waals surface area contributed by atoms with E-state index in [-0.39, 0.29) is 15.7 Å². The lowest BCUT2D eigenvalue weighted by Gasteiger charge is -2.44. The van der Waals surface area contributed by atoms with Crippen molar-refractivity contribution in [1.29, 1.82) is 0 Å². The van der Waals surface area contributed by atoms with Crippen LogP contribution in [0.25, 0.3) is 0 Å². The highest BCUT2D eigenvalue weighted by Crippen LogP contribution is 2.49. The molecule has 3 N–H and O–H groups in total. The number of fused-ring (bicyclic) bond motifs is 1. The number of halogens is 1. The van der Waals surface area contributed by atoms with Gasteiger partial charge in [0, 0.05) is 11.1 Å². The second-order valence-corrected chi connectivity index (χ2v) is 9.80. The highest BCUT2D eigenvalue weighted by Gasteiger charge is 2.48. The molecule has 8 nitrogen and oxygen atoms in total. The van der Waals surface area contributed by atoms with E-state index in [0.717, 1.165) is 0 Å². The molecule has 0 bridgehead atoms. The van der Waals surface area contributed by atoms with Gasteiger partial charge in [-0.2, -0.15) is 0 Å². The number of phosphoric ester groups is 1. The molecule has 1 aromatic carbocycles. The maximum atomic E-state index is 12.8. The summed E-state index contributed by atoms with van der Waals surface area (Å²) >= 11 is 7.23. The van der Waals surface area contributed by atoms with E-state index in [2.05, 4.69) is 5.32 Å². The van der Waals surface area contributed by atoms with Crippen molar-refractivity contribution in [2.75, 3.05) is 0 Å². The van der Waals surface area contributed by atoms with Crippen molar-refractivity contribution in [2.45, 2.75) is 38.5 Å². The number of ether oxygens (including phenoxy) is 1. The Hall–Kier alpha value is -1.74. The Bertz CT molecular complexity index is 1020. The van der Waals surface area contributed by atoms with Crippen LogP contribution in [-0.2, 0) is 9.09 Å². The summed E-state index contributed by atoms with van der Waals surface area (Å²) in [6.45, 7) is 4.56. The van der Waals surface area contributed by atoms with Crippen molar-refractivity contribution in [3.63, 3.8) is 0 Å². The van der Waals surface area contributed by atoms with Gasteiger partial charge in [0.1, 0.15) is 21.8 Å². The number of rotatable bonds is 5. The molecule has 1 aliphatic heterocycles. The summed E-state index contributed by atoms with van der Waals surface area (Å²) in [5.41, 5.74) is -0.257. The molecule has 0 saturated carbocycles. The molecule has 1 aromatic heterocycles. The molecule has 0 radical (unpaired) electrons. The molecule has 1 amide bonds. The molecule has 1 aliphatic rings. The second kappa shape index (κ2) is 7.83. The largest absolute Gasteiger partial charge is 0.485 e. The fourth-order valence-corrected chi connectivity index (χ4v) is 4.76. The summed E-state index contributed by atoms with van der Waals surface area (Å²) in [5.74, 6) is -0.388. The highest BCUT2D eigenvalue weighted by molar-refractivity contribution is 7.46. The second-order valence-electron chi connectivity index (χ2n) is 7.09. The molecular weight excluding hydrogens is 441 g/mol. The van der Waals surface area contributed by atoms with Crippen LogP contribution < -0.4 is 10.1 Å². The number of amides is 1. The summed E-state index contributed by atoms with van der Waals surface area (Å²) in [5, 5.41) is 4.39. The van der Waals surface area contributed by atoms with E-state index < -0.39 is 31.5 Å². The Morgan fingerprint density at radius 1 is 1.31 bits per heavy atom. The molecular formula is C18H19ClNO7PS. The smallest absolute Gasteiger partial charge is 0.470 e. The standard InChI is InChI=1S/C18H19ClNO7PS/c1-9(21)10-4-5-13-12(8-10)14(20-17(22)11-6-7-29-16(11)19)15(18(2,3)26-13)27-28(23,24)25/h4-8,14-15H,1-3H3,(H,20,22)(H2,23,24,25)/t14-,15+/m0/s1. The zero-order valence-corrected chi connectivity index (χ0v) is 18.2. The van der Waals surface area contributed by atoms with E-state index in [1.807, 2.05) is 0 Å². The first-order valence-corrected chi connectivity index (χ1v) is 11.3. The summed E-state index contributed by atoms with van der Waals surface area (Å²) < 4.78 is 22.8. The number of carbonyl (C=O) groups excluding carboxylic acids is 2. The van der Waals surface area contributed by atoms with E-state index in [1.165, 1.54) is 24.3 Å². The van der Waals surface area contributed by atoms with E-state index in [4.69, 9.17) is 20.9 Å². The monoisotopic (exact) mass is 459 g/mol. The maximum Gasteiger partial charge on any atom is 0.470 e. The Kier molecular flexibility index (Phi) is 5.93. The van der Waals surface area contributed by atoms with Crippen LogP contribution in [0.4, 0.5) is 0 Å². The van der Waals surface area contributed by atoms with E-state index >= 15 is 0 Å². The molecule has 2 heterocycles. The lowest BCUT2D eigenvalue weighted by molar-refractivity contribution is -0.0597. The van der Waals surface area contributed by atoms with Gasteiger partial charge in [-0.3, -0.25) is 14.1 Å². The minimum atomic E-state index is -4.93. The van der Waals surface area contributed by atoms with E-state index in [0.29, 0.717) is 16.9 Å². The number of thiophene rings is 1. The molecule has 2 aromatic rings. The van der Waals surface area contributed by atoms with E-state index in [1.54, 1.807) is 37.4 Å². The van der Waals surface area contributed by atoms with Gasteiger partial charge in [-0.05, 0) is 50.4 Å². The molecule has 2 atom stereocenters. The zero-order chi connectivity index (χ0) is 21.6. The molecule has 0 aliphatic carbocycles. The van der Waals surface area contributed by atoms with Crippen molar-refractivity contribution in [3.05, 3.63) is 50.7 Å². The van der Waals surface area contributed by atoms with Gasteiger partial charge in [0.25, 0.3) is 5.91 Å². The minimum Gasteiger partial charge on any atom is -0.485 e. The lowest BCUT2D eigenvalue weighted by atomic mass is 9.85. The van der Waals surface area contributed by atoms with Gasteiger partial charge in [-0.25, -0.2) is 4.57 Å². The van der Waals surface area contributed by atoms with Crippen LogP contribution in [0.3, 0.4) is 0 Å². The van der Waals surface area contributed by atoms with Gasteiger partial charge in [-0.15, -0.1) is 11.3 Å². The summed E-state index contributed by atoms with van der Waals surface area (Å²) in [4.78, 5) is 43.5. The third-order valence-electron chi connectivity index (χ3n) is 4.51. The molecule has 0 saturated heterocycles. The normalized spacial score (nSPS) is 20.5. The third kappa shape index (κ3) is 4.71. The van der Waals surface area contributed by atoms with Crippen LogP contribution in [0.2, 0.25) is 4.34 Å². The predicted molar refractivity (Wildman–Crippen MR) is 108 cm³/mol. The molecule has 0 unspecified atom stereocenters. The number of hydrogen-bond acceptors (Lipinski definition) is 6. The van der Waals surface area contributed by atoms with Gasteiger partial charge in [0.05, 0.1) is 11.6 Å². The molecule has 156 valence electrons. The number of Topliss-reactive ketones (excluding diaryl/α,β-unsaturated/α-hetero) is 1. The fourth-order valence-electron chi connectivity index (χ4n) is 3.17. The first kappa shape index (κ1) is 22.0. The molecule has 11 heteroatoms. The third-order valence-corrected chi connectivity index (χ3v) is 6.18. The number of nitrogens with one attached hydrogen (secondary N) is 1. The molecule has 29 heavy (non-hydrogen) atoms. The van der Waals surface area contributed by atoms with Crippen LogP contribution in [0, 0.1) is 0 Å². The van der Waals surface area contributed by atoms with Crippen LogP contribution in [-0.4, -0.2) is 33.2 Å². The van der Waals surface area contributed by atoms with Crippen molar-refractivity contribution in [3.8, 4) is 5.75 Å². The molecule has 0 spiro atoms. The average molecular weight is 460 g/mol. The van der Waals surface area contributed by atoms with Crippen molar-refractivity contribution >= 4 is 42.5 Å². The zero-order valence-electron chi connectivity index (χ0n) is 15.7. The van der Waals surface area contributed by atoms with Gasteiger partial charge < -0.3 is 19.8 Å². The lowest BCUT2D eigenvalue weighted by Crippen LogP contribution is -2.54. The SMILES string of the molecule is CC(=O)c1ccc2c(c1)[C@H](NC(=O)c1ccsc1Cl)[C@@H](OP(=O)(O)O)C(C)(C)O2. The van der Waals surface area contributed by atoms with Gasteiger partial charge in [0.2, 0.25) is 0 Å². The number of benzene rings is 1. The van der Waals surface area contributed by atoms with Crippen molar-refractivity contribution < 1.29 is 33.2 Å². The van der Waals surface area contributed by atoms with E-state index in [9.17, 15) is 23.9 Å². The minimum absolute atomic E-state index is 0.212. The van der Waals surface area contributed by atoms with Gasteiger partial charge in [0.15, 0.2) is 5.78 Å².